The van der Waals surface area contributed by atoms with Crippen molar-refractivity contribution >= 4 is 49.3 Å². The van der Waals surface area contributed by atoms with E-state index in [1.165, 1.54) is 0 Å². The minimum absolute atomic E-state index is 0.483. The third-order valence-corrected chi connectivity index (χ3v) is 9.63. The fourth-order valence-corrected chi connectivity index (χ4v) is 7.42. The molecule has 50 heavy (non-hydrogen) atoms. The molecular formula is C45H25N5. The van der Waals surface area contributed by atoms with E-state index < -0.39 is 0 Å². The van der Waals surface area contributed by atoms with Gasteiger partial charge in [-0.05, 0) is 77.4 Å². The highest BCUT2D eigenvalue weighted by Gasteiger charge is 2.21. The van der Waals surface area contributed by atoms with Gasteiger partial charge in [0.1, 0.15) is 0 Å². The number of hydrogen-bond acceptors (Lipinski definition) is 2. The second-order valence-corrected chi connectivity index (χ2v) is 12.3. The van der Waals surface area contributed by atoms with E-state index >= 15 is 0 Å². The zero-order valence-corrected chi connectivity index (χ0v) is 26.7. The maximum Gasteiger partial charge on any atom is 0.195 e. The van der Waals surface area contributed by atoms with Gasteiger partial charge in [-0.2, -0.15) is 10.5 Å². The maximum atomic E-state index is 10.4. The van der Waals surface area contributed by atoms with Crippen LogP contribution in [-0.2, 0) is 0 Å². The Hall–Kier alpha value is -7.39. The molecule has 5 heteroatoms. The standard InChI is InChI=1S/C45H25N5/c1-48-39-23-20-31(30-18-21-33(22-19-30)49-40-13-5-4-12-36(40)37-25-29(27-46)17-24-43(37)49)26-38(39)45-32(28-47)9-8-16-44(45)50-41-14-6-2-10-34(41)35-11-3-7-15-42(35)50/h2-26H. The summed E-state index contributed by atoms with van der Waals surface area (Å²) in [6.07, 6.45) is 0. The van der Waals surface area contributed by atoms with Crippen molar-refractivity contribution in [3.63, 3.8) is 0 Å². The molecule has 2 heterocycles. The first-order chi connectivity index (χ1) is 24.7. The molecule has 0 spiro atoms. The van der Waals surface area contributed by atoms with Gasteiger partial charge in [0.2, 0.25) is 0 Å². The second-order valence-electron chi connectivity index (χ2n) is 12.3. The zero-order chi connectivity index (χ0) is 33.8. The first kappa shape index (κ1) is 28.8. The largest absolute Gasteiger partial charge is 0.309 e. The van der Waals surface area contributed by atoms with Gasteiger partial charge in [0.15, 0.2) is 5.69 Å². The molecule has 9 rings (SSSR count). The van der Waals surface area contributed by atoms with Crippen LogP contribution >= 0.6 is 0 Å². The van der Waals surface area contributed by atoms with Crippen LogP contribution in [0.2, 0.25) is 0 Å². The maximum absolute atomic E-state index is 10.4. The summed E-state index contributed by atoms with van der Waals surface area (Å²) in [6.45, 7) is 8.12. The van der Waals surface area contributed by atoms with Crippen molar-refractivity contribution in [2.75, 3.05) is 0 Å². The monoisotopic (exact) mass is 635 g/mol. The van der Waals surface area contributed by atoms with Crippen LogP contribution in [0.3, 0.4) is 0 Å². The summed E-state index contributed by atoms with van der Waals surface area (Å²) >= 11 is 0. The van der Waals surface area contributed by atoms with Crippen LogP contribution in [-0.4, -0.2) is 9.13 Å². The van der Waals surface area contributed by atoms with Crippen molar-refractivity contribution in [3.8, 4) is 45.8 Å². The molecule has 230 valence electrons. The molecule has 2 aromatic heterocycles. The Morgan fingerprint density at radius 1 is 0.500 bits per heavy atom. The van der Waals surface area contributed by atoms with Crippen LogP contribution in [0.4, 0.5) is 5.69 Å². The number of nitrogens with zero attached hydrogens (tertiary/aromatic N) is 5. The number of hydrogen-bond donors (Lipinski definition) is 0. The highest BCUT2D eigenvalue weighted by Crippen LogP contribution is 2.43. The first-order valence-corrected chi connectivity index (χ1v) is 16.3. The molecular weight excluding hydrogens is 611 g/mol. The molecule has 5 nitrogen and oxygen atoms in total. The third-order valence-electron chi connectivity index (χ3n) is 9.63. The molecule has 0 aliphatic rings. The molecule has 9 aromatic rings. The lowest BCUT2D eigenvalue weighted by Gasteiger charge is -2.17. The summed E-state index contributed by atoms with van der Waals surface area (Å²) in [5, 5.41) is 24.4. The van der Waals surface area contributed by atoms with E-state index in [0.29, 0.717) is 22.4 Å². The molecule has 0 radical (unpaired) electrons. The number of benzene rings is 7. The van der Waals surface area contributed by atoms with E-state index in [4.69, 9.17) is 6.57 Å². The topological polar surface area (TPSA) is 61.8 Å². The fraction of sp³-hybridized carbons (Fsp3) is 0. The van der Waals surface area contributed by atoms with Crippen LogP contribution in [0.25, 0.3) is 82.1 Å². The van der Waals surface area contributed by atoms with E-state index in [9.17, 15) is 10.5 Å². The van der Waals surface area contributed by atoms with Crippen LogP contribution in [0.15, 0.2) is 152 Å². The van der Waals surface area contributed by atoms with Crippen molar-refractivity contribution in [1.29, 1.82) is 10.5 Å². The van der Waals surface area contributed by atoms with Gasteiger partial charge in [-0.15, -0.1) is 0 Å². The molecule has 0 unspecified atom stereocenters. The van der Waals surface area contributed by atoms with Gasteiger partial charge in [-0.3, -0.25) is 0 Å². The minimum Gasteiger partial charge on any atom is -0.309 e. The van der Waals surface area contributed by atoms with Crippen molar-refractivity contribution in [1.82, 2.24) is 9.13 Å². The zero-order valence-electron chi connectivity index (χ0n) is 26.7. The van der Waals surface area contributed by atoms with Gasteiger partial charge in [-0.1, -0.05) is 91.0 Å². The predicted molar refractivity (Wildman–Crippen MR) is 202 cm³/mol. The molecule has 0 fully saturated rings. The first-order valence-electron chi connectivity index (χ1n) is 16.3. The van der Waals surface area contributed by atoms with Gasteiger partial charge >= 0.3 is 0 Å². The summed E-state index contributed by atoms with van der Waals surface area (Å²) in [4.78, 5) is 3.93. The molecule has 0 aliphatic heterocycles. The van der Waals surface area contributed by atoms with Gasteiger partial charge in [-0.25, -0.2) is 4.85 Å². The van der Waals surface area contributed by atoms with Crippen molar-refractivity contribution in [2.45, 2.75) is 0 Å². The number of nitriles is 2. The summed E-state index contributed by atoms with van der Waals surface area (Å²) < 4.78 is 4.44. The minimum atomic E-state index is 0.483. The Kier molecular flexibility index (Phi) is 6.56. The Labute approximate surface area is 288 Å². The number of para-hydroxylation sites is 3. The second kappa shape index (κ2) is 11.4. The Bertz CT molecular complexity index is 2900. The Morgan fingerprint density at radius 3 is 1.74 bits per heavy atom. The van der Waals surface area contributed by atoms with Crippen LogP contribution in [0.5, 0.6) is 0 Å². The predicted octanol–water partition coefficient (Wildman–Crippen LogP) is 11.5. The van der Waals surface area contributed by atoms with E-state index in [0.717, 1.165) is 71.7 Å². The average Bonchev–Trinajstić information content (AvgIpc) is 3.70. The van der Waals surface area contributed by atoms with Gasteiger partial charge in [0.25, 0.3) is 0 Å². The lowest BCUT2D eigenvalue weighted by atomic mass is 9.93. The van der Waals surface area contributed by atoms with Crippen LogP contribution in [0.1, 0.15) is 11.1 Å². The van der Waals surface area contributed by atoms with Crippen molar-refractivity contribution < 1.29 is 0 Å². The fourth-order valence-electron chi connectivity index (χ4n) is 7.42. The average molecular weight is 636 g/mol. The quantitative estimate of drug-likeness (QED) is 0.181. The molecule has 7 aromatic carbocycles. The smallest absolute Gasteiger partial charge is 0.195 e. The lowest BCUT2D eigenvalue weighted by molar-refractivity contribution is 1.18. The molecule has 0 aliphatic carbocycles. The Balaban J connectivity index is 1.21. The Morgan fingerprint density at radius 2 is 1.10 bits per heavy atom. The van der Waals surface area contributed by atoms with Crippen molar-refractivity contribution in [3.05, 3.63) is 174 Å². The van der Waals surface area contributed by atoms with Crippen LogP contribution < -0.4 is 0 Å². The molecule has 0 amide bonds. The van der Waals surface area contributed by atoms with Crippen LogP contribution in [0, 0.1) is 29.2 Å². The van der Waals surface area contributed by atoms with E-state index in [1.807, 2.05) is 91.0 Å². The highest BCUT2D eigenvalue weighted by atomic mass is 15.0. The molecule has 0 saturated heterocycles. The van der Waals surface area contributed by atoms with Crippen molar-refractivity contribution in [2.24, 2.45) is 0 Å². The normalized spacial score (nSPS) is 11.1. The molecule has 0 N–H and O–H groups in total. The SMILES string of the molecule is [C-]#[N+]c1ccc(-c2ccc(-n3c4ccccc4c4cc(C#N)ccc43)cc2)cc1-c1c(C#N)cccc1-n1c2ccccc2c2ccccc21. The van der Waals surface area contributed by atoms with Gasteiger partial charge < -0.3 is 9.13 Å². The highest BCUT2D eigenvalue weighted by molar-refractivity contribution is 6.11. The van der Waals surface area contributed by atoms with Gasteiger partial charge in [0, 0.05) is 32.8 Å². The summed E-state index contributed by atoms with van der Waals surface area (Å²) in [5.41, 5.74) is 11.0. The number of fused-ring (bicyclic) bond motifs is 6. The lowest BCUT2D eigenvalue weighted by Crippen LogP contribution is -2.00. The summed E-state index contributed by atoms with van der Waals surface area (Å²) in [7, 11) is 0. The molecule has 0 atom stereocenters. The summed E-state index contributed by atoms with van der Waals surface area (Å²) in [5.74, 6) is 0. The number of rotatable bonds is 4. The van der Waals surface area contributed by atoms with E-state index in [2.05, 4.69) is 86.8 Å². The van der Waals surface area contributed by atoms with E-state index in [1.54, 1.807) is 0 Å². The molecule has 0 bridgehead atoms. The number of aromatic nitrogens is 2. The third kappa shape index (κ3) is 4.31. The summed E-state index contributed by atoms with van der Waals surface area (Å²) in [6, 6.07) is 55.4. The van der Waals surface area contributed by atoms with Gasteiger partial charge in [0.05, 0.1) is 57.6 Å². The molecule has 0 saturated carbocycles. The van der Waals surface area contributed by atoms with E-state index in [-0.39, 0.29) is 0 Å².